The van der Waals surface area contributed by atoms with Crippen LogP contribution in [0.25, 0.3) is 0 Å². The SMILES string of the molecule is CN1C2=NCCN2C(c2ccc(Cl)cc2)c2ccccc21. The number of nitrogens with zero attached hydrogens (tertiary/aromatic N) is 3. The highest BCUT2D eigenvalue weighted by Crippen LogP contribution is 2.41. The second kappa shape index (κ2) is 4.78. The second-order valence-corrected chi connectivity index (χ2v) is 5.88. The van der Waals surface area contributed by atoms with Crippen molar-refractivity contribution in [1.29, 1.82) is 0 Å². The van der Waals surface area contributed by atoms with E-state index in [4.69, 9.17) is 11.6 Å². The predicted molar refractivity (Wildman–Crippen MR) is 87.1 cm³/mol. The van der Waals surface area contributed by atoms with Gasteiger partial charge in [-0.2, -0.15) is 0 Å². The number of fused-ring (bicyclic) bond motifs is 2. The van der Waals surface area contributed by atoms with E-state index < -0.39 is 0 Å². The van der Waals surface area contributed by atoms with Gasteiger partial charge in [-0.3, -0.25) is 4.99 Å². The molecule has 0 saturated heterocycles. The molecule has 4 heteroatoms. The van der Waals surface area contributed by atoms with E-state index in [-0.39, 0.29) is 6.04 Å². The molecule has 21 heavy (non-hydrogen) atoms. The minimum absolute atomic E-state index is 0.218. The van der Waals surface area contributed by atoms with E-state index in [1.807, 2.05) is 12.1 Å². The molecule has 0 spiro atoms. The molecule has 0 bridgehead atoms. The number of guanidine groups is 1. The van der Waals surface area contributed by atoms with Crippen molar-refractivity contribution >= 4 is 23.2 Å². The number of anilines is 1. The molecule has 4 rings (SSSR count). The van der Waals surface area contributed by atoms with Crippen LogP contribution in [0.3, 0.4) is 0 Å². The first-order valence-corrected chi connectivity index (χ1v) is 7.53. The van der Waals surface area contributed by atoms with Gasteiger partial charge < -0.3 is 9.80 Å². The van der Waals surface area contributed by atoms with Crippen molar-refractivity contribution in [2.45, 2.75) is 6.04 Å². The molecule has 2 aliphatic rings. The summed E-state index contributed by atoms with van der Waals surface area (Å²) in [7, 11) is 2.09. The van der Waals surface area contributed by atoms with Crippen LogP contribution in [0.5, 0.6) is 0 Å². The third-order valence-electron chi connectivity index (χ3n) is 4.24. The number of aliphatic imine (C=N–C) groups is 1. The molecule has 2 aromatic rings. The minimum Gasteiger partial charge on any atom is -0.329 e. The summed E-state index contributed by atoms with van der Waals surface area (Å²) in [5, 5.41) is 0.773. The Morgan fingerprint density at radius 3 is 2.67 bits per heavy atom. The van der Waals surface area contributed by atoms with Crippen molar-refractivity contribution in [2.24, 2.45) is 4.99 Å². The van der Waals surface area contributed by atoms with Gasteiger partial charge in [0.2, 0.25) is 5.96 Å². The van der Waals surface area contributed by atoms with Crippen LogP contribution in [0.1, 0.15) is 17.2 Å². The molecule has 2 aliphatic heterocycles. The van der Waals surface area contributed by atoms with Crippen molar-refractivity contribution < 1.29 is 0 Å². The van der Waals surface area contributed by atoms with Crippen LogP contribution in [0.4, 0.5) is 5.69 Å². The largest absolute Gasteiger partial charge is 0.329 e. The minimum atomic E-state index is 0.218. The molecule has 0 aromatic heterocycles. The normalized spacial score (nSPS) is 20.1. The number of halogens is 1. The molecule has 0 saturated carbocycles. The summed E-state index contributed by atoms with van der Waals surface area (Å²) < 4.78 is 0. The Hall–Kier alpha value is -2.00. The lowest BCUT2D eigenvalue weighted by molar-refractivity contribution is 0.376. The summed E-state index contributed by atoms with van der Waals surface area (Å²) in [5.41, 5.74) is 3.81. The van der Waals surface area contributed by atoms with E-state index >= 15 is 0 Å². The molecule has 2 heterocycles. The smallest absolute Gasteiger partial charge is 0.201 e. The van der Waals surface area contributed by atoms with Crippen molar-refractivity contribution in [1.82, 2.24) is 4.90 Å². The topological polar surface area (TPSA) is 18.8 Å². The van der Waals surface area contributed by atoms with Crippen LogP contribution < -0.4 is 4.90 Å². The Labute approximate surface area is 129 Å². The number of para-hydroxylation sites is 1. The maximum absolute atomic E-state index is 6.04. The molecule has 0 aliphatic carbocycles. The van der Waals surface area contributed by atoms with Gasteiger partial charge in [0, 0.05) is 29.9 Å². The van der Waals surface area contributed by atoms with E-state index in [1.165, 1.54) is 16.8 Å². The highest BCUT2D eigenvalue weighted by atomic mass is 35.5. The summed E-state index contributed by atoms with van der Waals surface area (Å²) in [5.74, 6) is 1.06. The third-order valence-corrected chi connectivity index (χ3v) is 4.49. The molecular formula is C17H16ClN3. The Balaban J connectivity index is 1.90. The first-order chi connectivity index (χ1) is 10.3. The van der Waals surface area contributed by atoms with Crippen molar-refractivity contribution in [3.05, 3.63) is 64.7 Å². The lowest BCUT2D eigenvalue weighted by atomic mass is 9.93. The molecule has 106 valence electrons. The fourth-order valence-electron chi connectivity index (χ4n) is 3.30. The number of benzene rings is 2. The van der Waals surface area contributed by atoms with Crippen molar-refractivity contribution in [3.63, 3.8) is 0 Å². The molecule has 0 N–H and O–H groups in total. The van der Waals surface area contributed by atoms with Gasteiger partial charge in [0.15, 0.2) is 0 Å². The lowest BCUT2D eigenvalue weighted by Crippen LogP contribution is -2.46. The molecule has 1 atom stereocenters. The molecule has 0 radical (unpaired) electrons. The van der Waals surface area contributed by atoms with E-state index in [9.17, 15) is 0 Å². The maximum atomic E-state index is 6.04. The third kappa shape index (κ3) is 1.92. The molecule has 1 unspecified atom stereocenters. The van der Waals surface area contributed by atoms with Crippen LogP contribution in [0, 0.1) is 0 Å². The molecule has 0 fully saturated rings. The van der Waals surface area contributed by atoms with Gasteiger partial charge in [-0.1, -0.05) is 41.9 Å². The highest BCUT2D eigenvalue weighted by Gasteiger charge is 2.36. The van der Waals surface area contributed by atoms with Crippen molar-refractivity contribution in [2.75, 3.05) is 25.0 Å². The highest BCUT2D eigenvalue weighted by molar-refractivity contribution is 6.30. The fourth-order valence-corrected chi connectivity index (χ4v) is 3.42. The summed E-state index contributed by atoms with van der Waals surface area (Å²) >= 11 is 6.04. The van der Waals surface area contributed by atoms with E-state index in [0.29, 0.717) is 0 Å². The first kappa shape index (κ1) is 12.7. The maximum Gasteiger partial charge on any atom is 0.201 e. The quantitative estimate of drug-likeness (QED) is 0.801. The summed E-state index contributed by atoms with van der Waals surface area (Å²) in [6, 6.07) is 16.9. The molecule has 0 amide bonds. The Morgan fingerprint density at radius 1 is 1.10 bits per heavy atom. The van der Waals surface area contributed by atoms with Gasteiger partial charge >= 0.3 is 0 Å². The Kier molecular flexibility index (Phi) is 2.89. The van der Waals surface area contributed by atoms with Gasteiger partial charge in [-0.05, 0) is 23.8 Å². The Bertz CT molecular complexity index is 708. The number of hydrogen-bond donors (Lipinski definition) is 0. The average molecular weight is 298 g/mol. The molecular weight excluding hydrogens is 282 g/mol. The summed E-state index contributed by atoms with van der Waals surface area (Å²) in [4.78, 5) is 9.24. The van der Waals surface area contributed by atoms with Crippen LogP contribution in [-0.2, 0) is 0 Å². The molecule has 2 aromatic carbocycles. The first-order valence-electron chi connectivity index (χ1n) is 7.15. The summed E-state index contributed by atoms with van der Waals surface area (Å²) in [6.07, 6.45) is 0. The van der Waals surface area contributed by atoms with Gasteiger partial charge in [-0.25, -0.2) is 0 Å². The lowest BCUT2D eigenvalue weighted by Gasteiger charge is -2.41. The van der Waals surface area contributed by atoms with Gasteiger partial charge in [-0.15, -0.1) is 0 Å². The van der Waals surface area contributed by atoms with Crippen molar-refractivity contribution in [3.8, 4) is 0 Å². The van der Waals surface area contributed by atoms with E-state index in [0.717, 1.165) is 24.1 Å². The predicted octanol–water partition coefficient (Wildman–Crippen LogP) is 3.55. The van der Waals surface area contributed by atoms with E-state index in [1.54, 1.807) is 0 Å². The number of hydrogen-bond acceptors (Lipinski definition) is 3. The van der Waals surface area contributed by atoms with Gasteiger partial charge in [0.1, 0.15) is 0 Å². The second-order valence-electron chi connectivity index (χ2n) is 5.45. The fraction of sp³-hybridized carbons (Fsp3) is 0.235. The van der Waals surface area contributed by atoms with Crippen LogP contribution in [-0.4, -0.2) is 31.0 Å². The monoisotopic (exact) mass is 297 g/mol. The standard InChI is InChI=1S/C17H16ClN3/c1-20-15-5-3-2-4-14(15)16(21-11-10-19-17(20)21)12-6-8-13(18)9-7-12/h2-9,16H,10-11H2,1H3. The number of rotatable bonds is 1. The zero-order valence-electron chi connectivity index (χ0n) is 11.8. The van der Waals surface area contributed by atoms with Crippen LogP contribution >= 0.6 is 11.6 Å². The van der Waals surface area contributed by atoms with Gasteiger partial charge in [0.25, 0.3) is 0 Å². The Morgan fingerprint density at radius 2 is 1.86 bits per heavy atom. The summed E-state index contributed by atoms with van der Waals surface area (Å²) in [6.45, 7) is 1.82. The van der Waals surface area contributed by atoms with E-state index in [2.05, 4.69) is 58.2 Å². The molecule has 3 nitrogen and oxygen atoms in total. The van der Waals surface area contributed by atoms with Crippen LogP contribution in [0.15, 0.2) is 53.5 Å². The zero-order valence-corrected chi connectivity index (χ0v) is 12.6. The zero-order chi connectivity index (χ0) is 14.4. The van der Waals surface area contributed by atoms with Gasteiger partial charge in [0.05, 0.1) is 12.6 Å². The van der Waals surface area contributed by atoms with Crippen LogP contribution in [0.2, 0.25) is 5.02 Å². The average Bonchev–Trinajstić information content (AvgIpc) is 2.99.